The van der Waals surface area contributed by atoms with Crippen LogP contribution in [0.1, 0.15) is 18.4 Å². The molecule has 0 amide bonds. The standard InChI is InChI=1S/C13H17BrN2O3/c14-12-3-4-13(16(17)18)11(7-12)8-15-5-6-19-9-10-1-2-10/h3-4,7,10,15H,1-2,5-6,8-9H2. The average Bonchev–Trinajstić information content (AvgIpc) is 3.17. The molecule has 0 aromatic heterocycles. The number of nitro benzene ring substituents is 1. The summed E-state index contributed by atoms with van der Waals surface area (Å²) < 4.78 is 6.34. The lowest BCUT2D eigenvalue weighted by Crippen LogP contribution is -2.20. The zero-order valence-electron chi connectivity index (χ0n) is 10.6. The van der Waals surface area contributed by atoms with Crippen LogP contribution in [0.3, 0.4) is 0 Å². The Morgan fingerprint density at radius 1 is 1.47 bits per heavy atom. The van der Waals surface area contributed by atoms with Crippen LogP contribution in [-0.4, -0.2) is 24.7 Å². The summed E-state index contributed by atoms with van der Waals surface area (Å²) in [7, 11) is 0. The van der Waals surface area contributed by atoms with E-state index in [0.29, 0.717) is 25.3 Å². The molecular formula is C13H17BrN2O3. The molecule has 0 unspecified atom stereocenters. The molecule has 1 aromatic carbocycles. The molecule has 0 bridgehead atoms. The van der Waals surface area contributed by atoms with Crippen molar-refractivity contribution >= 4 is 21.6 Å². The largest absolute Gasteiger partial charge is 0.380 e. The van der Waals surface area contributed by atoms with Crippen molar-refractivity contribution in [1.82, 2.24) is 5.32 Å². The molecule has 0 heterocycles. The third kappa shape index (κ3) is 4.89. The summed E-state index contributed by atoms with van der Waals surface area (Å²) in [6, 6.07) is 4.97. The van der Waals surface area contributed by atoms with Gasteiger partial charge in [-0.1, -0.05) is 15.9 Å². The summed E-state index contributed by atoms with van der Waals surface area (Å²) in [4.78, 5) is 10.5. The molecule has 19 heavy (non-hydrogen) atoms. The predicted molar refractivity (Wildman–Crippen MR) is 76.0 cm³/mol. The smallest absolute Gasteiger partial charge is 0.273 e. The van der Waals surface area contributed by atoms with E-state index in [2.05, 4.69) is 21.2 Å². The van der Waals surface area contributed by atoms with Crippen LogP contribution in [-0.2, 0) is 11.3 Å². The van der Waals surface area contributed by atoms with Crippen molar-refractivity contribution < 1.29 is 9.66 Å². The van der Waals surface area contributed by atoms with Crippen LogP contribution in [0, 0.1) is 16.0 Å². The number of hydrogen-bond acceptors (Lipinski definition) is 4. The highest BCUT2D eigenvalue weighted by atomic mass is 79.9. The van der Waals surface area contributed by atoms with Gasteiger partial charge in [0.25, 0.3) is 5.69 Å². The number of hydrogen-bond donors (Lipinski definition) is 1. The van der Waals surface area contributed by atoms with Gasteiger partial charge in [-0.3, -0.25) is 10.1 Å². The summed E-state index contributed by atoms with van der Waals surface area (Å²) in [5.74, 6) is 0.770. The first kappa shape index (κ1) is 14.4. The second-order valence-corrected chi connectivity index (χ2v) is 5.64. The van der Waals surface area contributed by atoms with Gasteiger partial charge in [-0.2, -0.15) is 0 Å². The summed E-state index contributed by atoms with van der Waals surface area (Å²) in [5.41, 5.74) is 0.830. The van der Waals surface area contributed by atoms with E-state index >= 15 is 0 Å². The van der Waals surface area contributed by atoms with Crippen molar-refractivity contribution in [2.45, 2.75) is 19.4 Å². The van der Waals surface area contributed by atoms with Crippen LogP contribution in [0.2, 0.25) is 0 Å². The number of halogens is 1. The molecule has 1 aromatic rings. The summed E-state index contributed by atoms with van der Waals surface area (Å²) in [6.07, 6.45) is 2.58. The van der Waals surface area contributed by atoms with E-state index in [-0.39, 0.29) is 10.6 Å². The molecule has 2 rings (SSSR count). The molecule has 1 fully saturated rings. The highest BCUT2D eigenvalue weighted by Gasteiger charge is 2.20. The van der Waals surface area contributed by atoms with Gasteiger partial charge < -0.3 is 10.1 Å². The lowest BCUT2D eigenvalue weighted by molar-refractivity contribution is -0.385. The van der Waals surface area contributed by atoms with E-state index in [0.717, 1.165) is 17.0 Å². The molecule has 5 nitrogen and oxygen atoms in total. The number of rotatable bonds is 8. The number of benzene rings is 1. The first-order chi connectivity index (χ1) is 9.16. The van der Waals surface area contributed by atoms with Crippen molar-refractivity contribution in [2.24, 2.45) is 5.92 Å². The van der Waals surface area contributed by atoms with E-state index in [4.69, 9.17) is 4.74 Å². The zero-order chi connectivity index (χ0) is 13.7. The Hall–Kier alpha value is -0.980. The van der Waals surface area contributed by atoms with Gasteiger partial charge in [0.05, 0.1) is 11.5 Å². The molecule has 1 N–H and O–H groups in total. The van der Waals surface area contributed by atoms with Gasteiger partial charge in [-0.15, -0.1) is 0 Å². The van der Waals surface area contributed by atoms with E-state index in [1.54, 1.807) is 12.1 Å². The highest BCUT2D eigenvalue weighted by molar-refractivity contribution is 9.10. The van der Waals surface area contributed by atoms with Crippen LogP contribution < -0.4 is 5.32 Å². The number of nitrogens with one attached hydrogen (secondary N) is 1. The molecule has 0 spiro atoms. The molecule has 1 saturated carbocycles. The van der Waals surface area contributed by atoms with Gasteiger partial charge in [0, 0.05) is 35.8 Å². The van der Waals surface area contributed by atoms with Gasteiger partial charge in [0.15, 0.2) is 0 Å². The molecule has 1 aliphatic rings. The fourth-order valence-corrected chi connectivity index (χ4v) is 2.18. The van der Waals surface area contributed by atoms with E-state index < -0.39 is 0 Å². The Kier molecular flexibility index (Phi) is 5.30. The van der Waals surface area contributed by atoms with Crippen LogP contribution >= 0.6 is 15.9 Å². The van der Waals surface area contributed by atoms with Crippen molar-refractivity contribution in [3.8, 4) is 0 Å². The quantitative estimate of drug-likeness (QED) is 0.452. The fourth-order valence-electron chi connectivity index (χ4n) is 1.78. The lowest BCUT2D eigenvalue weighted by atomic mass is 10.2. The first-order valence-corrected chi connectivity index (χ1v) is 7.17. The minimum absolute atomic E-state index is 0.148. The molecule has 0 radical (unpaired) electrons. The van der Waals surface area contributed by atoms with Crippen molar-refractivity contribution in [2.75, 3.05) is 19.8 Å². The Morgan fingerprint density at radius 3 is 2.95 bits per heavy atom. The molecule has 6 heteroatoms. The normalized spacial score (nSPS) is 14.6. The summed E-state index contributed by atoms with van der Waals surface area (Å²) in [5, 5.41) is 14.1. The Morgan fingerprint density at radius 2 is 2.26 bits per heavy atom. The van der Waals surface area contributed by atoms with Gasteiger partial charge in [-0.05, 0) is 30.9 Å². The number of nitro groups is 1. The first-order valence-electron chi connectivity index (χ1n) is 6.38. The van der Waals surface area contributed by atoms with Gasteiger partial charge in [-0.25, -0.2) is 0 Å². The minimum Gasteiger partial charge on any atom is -0.380 e. The molecule has 0 aliphatic heterocycles. The van der Waals surface area contributed by atoms with Gasteiger partial charge >= 0.3 is 0 Å². The number of nitrogens with zero attached hydrogens (tertiary/aromatic N) is 1. The molecule has 1 aliphatic carbocycles. The molecule has 0 saturated heterocycles. The highest BCUT2D eigenvalue weighted by Crippen LogP contribution is 2.28. The number of ether oxygens (including phenoxy) is 1. The topological polar surface area (TPSA) is 64.4 Å². The maximum absolute atomic E-state index is 10.9. The maximum Gasteiger partial charge on any atom is 0.273 e. The van der Waals surface area contributed by atoms with Crippen molar-refractivity contribution in [3.63, 3.8) is 0 Å². The third-order valence-electron chi connectivity index (χ3n) is 3.03. The van der Waals surface area contributed by atoms with E-state index in [1.165, 1.54) is 18.9 Å². The van der Waals surface area contributed by atoms with Crippen LogP contribution in [0.25, 0.3) is 0 Å². The van der Waals surface area contributed by atoms with Gasteiger partial charge in [0.1, 0.15) is 0 Å². The third-order valence-corrected chi connectivity index (χ3v) is 3.52. The minimum atomic E-state index is -0.354. The monoisotopic (exact) mass is 328 g/mol. The van der Waals surface area contributed by atoms with Crippen molar-refractivity contribution in [1.29, 1.82) is 0 Å². The Bertz CT molecular complexity index is 450. The molecular weight excluding hydrogens is 312 g/mol. The van der Waals surface area contributed by atoms with Crippen LogP contribution in [0.5, 0.6) is 0 Å². The summed E-state index contributed by atoms with van der Waals surface area (Å²) >= 11 is 3.33. The molecule has 104 valence electrons. The van der Waals surface area contributed by atoms with Gasteiger partial charge in [0.2, 0.25) is 0 Å². The van der Waals surface area contributed by atoms with Crippen LogP contribution in [0.15, 0.2) is 22.7 Å². The SMILES string of the molecule is O=[N+]([O-])c1ccc(Br)cc1CNCCOCC1CC1. The Balaban J connectivity index is 1.74. The second-order valence-electron chi connectivity index (χ2n) is 4.73. The Labute approximate surface area is 120 Å². The fraction of sp³-hybridized carbons (Fsp3) is 0.538. The van der Waals surface area contributed by atoms with E-state index in [9.17, 15) is 10.1 Å². The predicted octanol–water partition coefficient (Wildman–Crippen LogP) is 2.87. The van der Waals surface area contributed by atoms with Crippen molar-refractivity contribution in [3.05, 3.63) is 38.3 Å². The second kappa shape index (κ2) is 6.98. The molecule has 0 atom stereocenters. The van der Waals surface area contributed by atoms with Crippen LogP contribution in [0.4, 0.5) is 5.69 Å². The maximum atomic E-state index is 10.9. The van der Waals surface area contributed by atoms with E-state index in [1.807, 2.05) is 0 Å². The zero-order valence-corrected chi connectivity index (χ0v) is 12.2. The average molecular weight is 329 g/mol. The lowest BCUT2D eigenvalue weighted by Gasteiger charge is -2.07. The summed E-state index contributed by atoms with van der Waals surface area (Å²) in [6.45, 7) is 2.68.